The number of rotatable bonds is 5. The van der Waals surface area contributed by atoms with Crippen LogP contribution >= 0.6 is 23.2 Å². The predicted molar refractivity (Wildman–Crippen MR) is 105 cm³/mol. The first kappa shape index (κ1) is 18.2. The Bertz CT molecular complexity index is 918. The molecule has 0 aliphatic heterocycles. The van der Waals surface area contributed by atoms with Crippen LogP contribution in [0.4, 0.5) is 11.6 Å². The molecule has 1 heterocycles. The van der Waals surface area contributed by atoms with E-state index in [9.17, 15) is 4.79 Å². The first-order valence-corrected chi connectivity index (χ1v) is 8.63. The number of amides is 1. The normalized spacial score (nSPS) is 10.4. The van der Waals surface area contributed by atoms with E-state index >= 15 is 0 Å². The predicted octanol–water partition coefficient (Wildman–Crippen LogP) is 4.67. The molecule has 0 saturated carbocycles. The second-order valence-electron chi connectivity index (χ2n) is 5.66. The summed E-state index contributed by atoms with van der Waals surface area (Å²) < 4.78 is 0. The maximum absolute atomic E-state index is 12.5. The molecule has 0 bridgehead atoms. The largest absolute Gasteiger partial charge is 0.340 e. The van der Waals surface area contributed by atoms with Gasteiger partial charge in [-0.05, 0) is 29.8 Å². The van der Waals surface area contributed by atoms with Crippen LogP contribution in [0, 0.1) is 0 Å². The number of anilines is 2. The SMILES string of the molecule is CN(Cc1ccccc1)c1nccc(C(=O)Nc2ccc(Cl)cc2Cl)n1. The molecule has 3 aromatic rings. The summed E-state index contributed by atoms with van der Waals surface area (Å²) in [6.07, 6.45) is 1.56. The molecule has 0 fully saturated rings. The zero-order valence-electron chi connectivity index (χ0n) is 14.0. The van der Waals surface area contributed by atoms with E-state index in [0.717, 1.165) is 5.56 Å². The molecule has 7 heteroatoms. The third kappa shape index (κ3) is 4.50. The van der Waals surface area contributed by atoms with Gasteiger partial charge in [-0.3, -0.25) is 4.79 Å². The maximum atomic E-state index is 12.5. The van der Waals surface area contributed by atoms with Crippen molar-refractivity contribution in [3.8, 4) is 0 Å². The molecule has 0 radical (unpaired) electrons. The minimum atomic E-state index is -0.369. The number of nitrogens with zero attached hydrogens (tertiary/aromatic N) is 3. The lowest BCUT2D eigenvalue weighted by atomic mass is 10.2. The Balaban J connectivity index is 1.74. The van der Waals surface area contributed by atoms with Crippen LogP contribution in [-0.4, -0.2) is 22.9 Å². The van der Waals surface area contributed by atoms with Gasteiger partial charge in [-0.15, -0.1) is 0 Å². The van der Waals surface area contributed by atoms with E-state index in [-0.39, 0.29) is 11.6 Å². The van der Waals surface area contributed by atoms with Gasteiger partial charge in [0.2, 0.25) is 5.95 Å². The fraction of sp³-hybridized carbons (Fsp3) is 0.105. The number of hydrogen-bond donors (Lipinski definition) is 1. The lowest BCUT2D eigenvalue weighted by Crippen LogP contribution is -2.21. The van der Waals surface area contributed by atoms with Crippen molar-refractivity contribution in [2.45, 2.75) is 6.54 Å². The van der Waals surface area contributed by atoms with Gasteiger partial charge in [0, 0.05) is 24.8 Å². The first-order chi connectivity index (χ1) is 12.5. The number of halogens is 2. The monoisotopic (exact) mass is 386 g/mol. The fourth-order valence-corrected chi connectivity index (χ4v) is 2.82. The van der Waals surface area contributed by atoms with Gasteiger partial charge in [0.1, 0.15) is 5.69 Å². The minimum absolute atomic E-state index is 0.251. The van der Waals surface area contributed by atoms with Crippen molar-refractivity contribution in [2.24, 2.45) is 0 Å². The van der Waals surface area contributed by atoms with Crippen LogP contribution in [0.3, 0.4) is 0 Å². The summed E-state index contributed by atoms with van der Waals surface area (Å²) in [5.74, 6) is 0.0923. The van der Waals surface area contributed by atoms with E-state index in [4.69, 9.17) is 23.2 Å². The topological polar surface area (TPSA) is 58.1 Å². The van der Waals surface area contributed by atoms with E-state index in [0.29, 0.717) is 28.2 Å². The molecule has 0 spiro atoms. The molecule has 26 heavy (non-hydrogen) atoms. The summed E-state index contributed by atoms with van der Waals surface area (Å²) >= 11 is 12.0. The molecule has 1 N–H and O–H groups in total. The summed E-state index contributed by atoms with van der Waals surface area (Å²) in [6, 6.07) is 16.4. The number of carbonyl (C=O) groups is 1. The highest BCUT2D eigenvalue weighted by Gasteiger charge is 2.13. The smallest absolute Gasteiger partial charge is 0.274 e. The number of benzene rings is 2. The van der Waals surface area contributed by atoms with Gasteiger partial charge in [0.15, 0.2) is 0 Å². The third-order valence-corrected chi connectivity index (χ3v) is 4.21. The molecule has 1 amide bonds. The molecule has 132 valence electrons. The van der Waals surface area contributed by atoms with Gasteiger partial charge in [0.25, 0.3) is 5.91 Å². The van der Waals surface area contributed by atoms with Crippen LogP contribution in [-0.2, 0) is 6.54 Å². The van der Waals surface area contributed by atoms with Crippen molar-refractivity contribution in [1.82, 2.24) is 9.97 Å². The molecule has 0 saturated heterocycles. The van der Waals surface area contributed by atoms with Crippen molar-refractivity contribution in [2.75, 3.05) is 17.3 Å². The second kappa shape index (κ2) is 8.17. The Morgan fingerprint density at radius 2 is 1.88 bits per heavy atom. The second-order valence-corrected chi connectivity index (χ2v) is 6.51. The Morgan fingerprint density at radius 1 is 1.12 bits per heavy atom. The summed E-state index contributed by atoms with van der Waals surface area (Å²) in [7, 11) is 1.88. The van der Waals surface area contributed by atoms with Crippen molar-refractivity contribution >= 4 is 40.7 Å². The molecule has 1 aromatic heterocycles. The molecule has 2 aromatic carbocycles. The summed E-state index contributed by atoms with van der Waals surface area (Å²) in [5, 5.41) is 3.59. The van der Waals surface area contributed by atoms with Crippen LogP contribution in [0.25, 0.3) is 0 Å². The van der Waals surface area contributed by atoms with Gasteiger partial charge < -0.3 is 10.2 Å². The van der Waals surface area contributed by atoms with Crippen molar-refractivity contribution in [3.05, 3.63) is 82.1 Å². The van der Waals surface area contributed by atoms with E-state index in [2.05, 4.69) is 15.3 Å². The highest BCUT2D eigenvalue weighted by atomic mass is 35.5. The van der Waals surface area contributed by atoms with Crippen LogP contribution < -0.4 is 10.2 Å². The quantitative estimate of drug-likeness (QED) is 0.691. The number of aromatic nitrogens is 2. The van der Waals surface area contributed by atoms with Gasteiger partial charge in [-0.25, -0.2) is 9.97 Å². The fourth-order valence-electron chi connectivity index (χ4n) is 2.36. The Labute approximate surface area is 161 Å². The molecule has 0 unspecified atom stereocenters. The summed E-state index contributed by atoms with van der Waals surface area (Å²) in [4.78, 5) is 22.9. The number of hydrogen-bond acceptors (Lipinski definition) is 4. The molecule has 0 aliphatic carbocycles. The lowest BCUT2D eigenvalue weighted by Gasteiger charge is -2.17. The Hall–Kier alpha value is -2.63. The maximum Gasteiger partial charge on any atom is 0.274 e. The molecule has 5 nitrogen and oxygen atoms in total. The average Bonchev–Trinajstić information content (AvgIpc) is 2.65. The standard InChI is InChI=1S/C19H16Cl2N4O/c1-25(12-13-5-3-2-4-6-13)19-22-10-9-17(24-19)18(26)23-16-8-7-14(20)11-15(16)21/h2-11H,12H2,1H3,(H,23,26). The highest BCUT2D eigenvalue weighted by Crippen LogP contribution is 2.25. The van der Waals surface area contributed by atoms with Crippen molar-refractivity contribution in [3.63, 3.8) is 0 Å². The van der Waals surface area contributed by atoms with E-state index in [1.807, 2.05) is 42.3 Å². The Morgan fingerprint density at radius 3 is 2.62 bits per heavy atom. The minimum Gasteiger partial charge on any atom is -0.340 e. The summed E-state index contributed by atoms with van der Waals surface area (Å²) in [5.41, 5.74) is 1.85. The van der Waals surface area contributed by atoms with E-state index in [1.165, 1.54) is 0 Å². The van der Waals surface area contributed by atoms with E-state index in [1.54, 1.807) is 30.5 Å². The van der Waals surface area contributed by atoms with Gasteiger partial charge in [-0.2, -0.15) is 0 Å². The number of nitrogens with one attached hydrogen (secondary N) is 1. The number of carbonyl (C=O) groups excluding carboxylic acids is 1. The first-order valence-electron chi connectivity index (χ1n) is 7.87. The molecule has 0 aliphatic rings. The average molecular weight is 387 g/mol. The van der Waals surface area contributed by atoms with Gasteiger partial charge in [0.05, 0.1) is 10.7 Å². The molecule has 0 atom stereocenters. The Kier molecular flexibility index (Phi) is 5.71. The summed E-state index contributed by atoms with van der Waals surface area (Å²) in [6.45, 7) is 0.634. The van der Waals surface area contributed by atoms with Crippen molar-refractivity contribution in [1.29, 1.82) is 0 Å². The van der Waals surface area contributed by atoms with Gasteiger partial charge >= 0.3 is 0 Å². The van der Waals surface area contributed by atoms with Crippen LogP contribution in [0.15, 0.2) is 60.8 Å². The zero-order valence-corrected chi connectivity index (χ0v) is 15.5. The molecular formula is C19H16Cl2N4O. The van der Waals surface area contributed by atoms with Crippen molar-refractivity contribution < 1.29 is 4.79 Å². The van der Waals surface area contributed by atoms with Crippen LogP contribution in [0.2, 0.25) is 10.0 Å². The lowest BCUT2D eigenvalue weighted by molar-refractivity contribution is 0.102. The molecular weight excluding hydrogens is 371 g/mol. The van der Waals surface area contributed by atoms with Crippen LogP contribution in [0.5, 0.6) is 0 Å². The van der Waals surface area contributed by atoms with Gasteiger partial charge in [-0.1, -0.05) is 53.5 Å². The highest BCUT2D eigenvalue weighted by molar-refractivity contribution is 6.36. The molecule has 3 rings (SSSR count). The zero-order chi connectivity index (χ0) is 18.5. The van der Waals surface area contributed by atoms with E-state index < -0.39 is 0 Å². The third-order valence-electron chi connectivity index (χ3n) is 3.66. The van der Waals surface area contributed by atoms with Crippen LogP contribution in [0.1, 0.15) is 16.1 Å².